The lowest BCUT2D eigenvalue weighted by molar-refractivity contribution is -0.112. The van der Waals surface area contributed by atoms with Crippen LogP contribution in [0.2, 0.25) is 10.0 Å². The number of nitrogens with zero attached hydrogens (tertiary/aromatic N) is 8. The molecule has 4 heterocycles. The molecule has 8 rings (SSSR count). The van der Waals surface area contributed by atoms with Gasteiger partial charge in [-0.2, -0.15) is 0 Å². The topological polar surface area (TPSA) is 258 Å². The van der Waals surface area contributed by atoms with E-state index in [-0.39, 0.29) is 41.4 Å². The minimum Gasteiger partial charge on any atom is -0.478 e. The highest BCUT2D eigenvalue weighted by Gasteiger charge is 2.28. The highest BCUT2D eigenvalue weighted by Crippen LogP contribution is 2.35. The van der Waals surface area contributed by atoms with E-state index >= 15 is 0 Å². The molecule has 2 saturated carbocycles. The first-order valence-electron chi connectivity index (χ1n) is 24.9. The Morgan fingerprint density at radius 2 is 1.06 bits per heavy atom. The number of hydrogen-bond acceptors (Lipinski definition) is 17. The van der Waals surface area contributed by atoms with Crippen LogP contribution in [-0.2, 0) is 9.59 Å². The molecule has 2 aliphatic rings. The summed E-state index contributed by atoms with van der Waals surface area (Å²) in [6, 6.07) is 13.7. The number of benzene rings is 2. The number of carboxylic acids is 1. The fourth-order valence-electron chi connectivity index (χ4n) is 8.23. The van der Waals surface area contributed by atoms with Crippen LogP contribution >= 0.6 is 45.9 Å². The molecular formula is C54H66Cl2N14O5S2. The number of amides is 3. The first-order valence-corrected chi connectivity index (χ1v) is 27.3. The average molecular weight is 1130 g/mol. The van der Waals surface area contributed by atoms with Crippen LogP contribution < -0.4 is 32.3 Å². The van der Waals surface area contributed by atoms with Gasteiger partial charge in [0, 0.05) is 66.3 Å². The predicted molar refractivity (Wildman–Crippen MR) is 309 cm³/mol. The zero-order chi connectivity index (χ0) is 55.8. The Bertz CT molecular complexity index is 3040. The molecule has 4 atom stereocenters. The summed E-state index contributed by atoms with van der Waals surface area (Å²) in [5.41, 5.74) is 11.2. The SMILES string of the molecule is CN(C)C/C=C/C(=O)Nc1ccc(C(=O)O)cc1.Cc1nc(C)c(-c2nc(N[C@H]3CC[C@@H](N)C3)ncc2Cl)s1.Cc1nc(C)c(-c2nc(N[C@H]3CC[C@@H](NC(=O)c4ccc(NC(=O)/C=C/CN(C)C)cc4)C3)ncc2Cl)s1. The second-order valence-electron chi connectivity index (χ2n) is 19.1. The van der Waals surface area contributed by atoms with E-state index in [4.69, 9.17) is 34.0 Å². The maximum Gasteiger partial charge on any atom is 0.335 e. The van der Waals surface area contributed by atoms with Crippen LogP contribution in [0.5, 0.6) is 0 Å². The number of rotatable bonds is 17. The Morgan fingerprint density at radius 1 is 0.636 bits per heavy atom. The standard InChI is InChI=1S/C27H32ClN7O2S.C14H18ClN5S.C13H16N2O3/c1-16-25(38-17(2)30-16)24-22(28)15-29-27(34-24)33-21-12-11-20(14-21)32-26(37)18-7-9-19(10-8-18)31-23(36)6-5-13-35(3)4;1-7-13(21-8(2)18-7)12-11(15)6-17-14(20-12)19-10-4-3-9(16)5-10;1-15(2)9-3-4-12(16)14-11-7-5-10(6-8-11)13(17)18/h5-10,15,20-21H,11-14H2,1-4H3,(H,31,36)(H,32,37)(H,29,33,34);6,9-10H,3-5,16H2,1-2H3,(H,17,19,20);3-8H,9H2,1-2H3,(H,14,16)(H,17,18)/b6-5+;;4-3+/t20-,21+;9-,10+;/m11./s1. The summed E-state index contributed by atoms with van der Waals surface area (Å²) >= 11 is 15.8. The first kappa shape index (κ1) is 59.5. The Hall–Kier alpha value is -6.72. The van der Waals surface area contributed by atoms with Crippen LogP contribution in [0.1, 0.15) is 80.6 Å². The van der Waals surface area contributed by atoms with Crippen LogP contribution in [0.4, 0.5) is 23.3 Å². The summed E-state index contributed by atoms with van der Waals surface area (Å²) in [7, 11) is 7.69. The van der Waals surface area contributed by atoms with Gasteiger partial charge in [0.2, 0.25) is 23.7 Å². The van der Waals surface area contributed by atoms with E-state index in [2.05, 4.69) is 56.5 Å². The molecule has 408 valence electrons. The molecule has 2 aromatic carbocycles. The van der Waals surface area contributed by atoms with Crippen molar-refractivity contribution in [1.82, 2.24) is 45.0 Å². The molecular weight excluding hydrogens is 1060 g/mol. The average Bonchev–Trinajstić information content (AvgIpc) is 4.18. The molecule has 8 N–H and O–H groups in total. The van der Waals surface area contributed by atoms with Crippen molar-refractivity contribution in [2.45, 2.75) is 90.4 Å². The number of hydrogen-bond donors (Lipinski definition) is 7. The maximum atomic E-state index is 12.8. The van der Waals surface area contributed by atoms with Crippen molar-refractivity contribution in [3.05, 3.63) is 128 Å². The van der Waals surface area contributed by atoms with Gasteiger partial charge in [-0.1, -0.05) is 35.4 Å². The van der Waals surface area contributed by atoms with E-state index < -0.39 is 5.97 Å². The number of aryl methyl sites for hydroxylation is 4. The number of thiazole rings is 2. The zero-order valence-electron chi connectivity index (χ0n) is 44.4. The number of nitrogens with one attached hydrogen (secondary N) is 5. The van der Waals surface area contributed by atoms with Gasteiger partial charge >= 0.3 is 5.97 Å². The number of carboxylic acid groups (broad SMARTS) is 1. The number of nitrogens with two attached hydrogens (primary N) is 1. The molecule has 19 nitrogen and oxygen atoms in total. The Balaban J connectivity index is 0.000000207. The Kier molecular flexibility index (Phi) is 22.1. The quantitative estimate of drug-likeness (QED) is 0.0420. The van der Waals surface area contributed by atoms with E-state index in [1.807, 2.05) is 65.7 Å². The number of carbonyl (C=O) groups is 4. The molecule has 3 amide bonds. The molecule has 77 heavy (non-hydrogen) atoms. The van der Waals surface area contributed by atoms with E-state index in [1.54, 1.807) is 83.6 Å². The number of aromatic carboxylic acids is 1. The van der Waals surface area contributed by atoms with Gasteiger partial charge in [0.25, 0.3) is 5.91 Å². The second-order valence-corrected chi connectivity index (χ2v) is 22.3. The molecule has 2 fully saturated rings. The lowest BCUT2D eigenvalue weighted by Gasteiger charge is -2.15. The summed E-state index contributed by atoms with van der Waals surface area (Å²) in [6.45, 7) is 9.23. The van der Waals surface area contributed by atoms with Gasteiger partial charge in [0.05, 0.1) is 59.2 Å². The summed E-state index contributed by atoms with van der Waals surface area (Å²) in [5.74, 6) is -0.443. The lowest BCUT2D eigenvalue weighted by atomic mass is 10.1. The molecule has 4 aromatic heterocycles. The fraction of sp³-hybridized carbons (Fsp3) is 0.370. The molecule has 0 bridgehead atoms. The Labute approximate surface area is 467 Å². The smallest absolute Gasteiger partial charge is 0.335 e. The van der Waals surface area contributed by atoms with Crippen molar-refractivity contribution in [2.24, 2.45) is 5.73 Å². The molecule has 0 aliphatic heterocycles. The van der Waals surface area contributed by atoms with Crippen LogP contribution in [0.15, 0.2) is 85.2 Å². The van der Waals surface area contributed by atoms with Gasteiger partial charge in [-0.25, -0.2) is 34.7 Å². The second kappa shape index (κ2) is 28.6. The van der Waals surface area contributed by atoms with E-state index in [0.717, 1.165) is 75.4 Å². The van der Waals surface area contributed by atoms with Crippen molar-refractivity contribution in [1.29, 1.82) is 0 Å². The molecule has 23 heteroatoms. The number of likely N-dealkylation sites (N-methyl/N-ethyl adjacent to an activating group) is 2. The number of aromatic nitrogens is 6. The number of anilines is 4. The summed E-state index contributed by atoms with van der Waals surface area (Å²) in [5, 5.41) is 27.0. The first-order chi connectivity index (χ1) is 36.7. The monoisotopic (exact) mass is 1120 g/mol. The third kappa shape index (κ3) is 18.8. The van der Waals surface area contributed by atoms with Crippen LogP contribution in [0.25, 0.3) is 21.1 Å². The third-order valence-electron chi connectivity index (χ3n) is 11.9. The number of halogens is 2. The van der Waals surface area contributed by atoms with Gasteiger partial charge in [0.15, 0.2) is 0 Å². The number of carbonyl (C=O) groups excluding carboxylic acids is 3. The van der Waals surface area contributed by atoms with Gasteiger partial charge in [0.1, 0.15) is 11.4 Å². The fourth-order valence-corrected chi connectivity index (χ4v) is 10.6. The van der Waals surface area contributed by atoms with E-state index in [0.29, 0.717) is 63.7 Å². The summed E-state index contributed by atoms with van der Waals surface area (Å²) < 4.78 is 0. The molecule has 2 aliphatic carbocycles. The molecule has 0 radical (unpaired) electrons. The van der Waals surface area contributed by atoms with E-state index in [9.17, 15) is 19.2 Å². The minimum atomic E-state index is -0.987. The normalized spacial score (nSPS) is 16.9. The van der Waals surface area contributed by atoms with Crippen LogP contribution in [0, 0.1) is 27.7 Å². The van der Waals surface area contributed by atoms with Crippen molar-refractivity contribution < 1.29 is 24.3 Å². The minimum absolute atomic E-state index is 0.0411. The van der Waals surface area contributed by atoms with Crippen molar-refractivity contribution in [3.63, 3.8) is 0 Å². The maximum absolute atomic E-state index is 12.8. The molecule has 0 saturated heterocycles. The predicted octanol–water partition coefficient (Wildman–Crippen LogP) is 9.29. The molecule has 0 unspecified atom stereocenters. The van der Waals surface area contributed by atoms with Gasteiger partial charge in [-0.15, -0.1) is 22.7 Å². The van der Waals surface area contributed by atoms with Gasteiger partial charge in [-0.3, -0.25) is 14.4 Å². The summed E-state index contributed by atoms with van der Waals surface area (Å²) in [4.78, 5) is 79.6. The van der Waals surface area contributed by atoms with Gasteiger partial charge < -0.3 is 47.2 Å². The van der Waals surface area contributed by atoms with Crippen molar-refractivity contribution in [3.8, 4) is 21.1 Å². The van der Waals surface area contributed by atoms with E-state index in [1.165, 1.54) is 24.3 Å². The third-order valence-corrected chi connectivity index (χ3v) is 14.6. The molecule has 6 aromatic rings. The molecule has 0 spiro atoms. The van der Waals surface area contributed by atoms with Crippen LogP contribution in [-0.4, -0.2) is 134 Å². The zero-order valence-corrected chi connectivity index (χ0v) is 47.5. The summed E-state index contributed by atoms with van der Waals surface area (Å²) in [6.07, 6.45) is 15.3. The van der Waals surface area contributed by atoms with Crippen molar-refractivity contribution in [2.75, 3.05) is 62.5 Å². The Morgan fingerprint density at radius 3 is 1.47 bits per heavy atom. The van der Waals surface area contributed by atoms with Gasteiger partial charge in [-0.05, 0) is 143 Å². The largest absolute Gasteiger partial charge is 0.478 e. The highest BCUT2D eigenvalue weighted by molar-refractivity contribution is 7.15. The van der Waals surface area contributed by atoms with Crippen molar-refractivity contribution >= 4 is 92.8 Å². The van der Waals surface area contributed by atoms with Crippen LogP contribution in [0.3, 0.4) is 0 Å². The highest BCUT2D eigenvalue weighted by atomic mass is 35.5. The lowest BCUT2D eigenvalue weighted by Crippen LogP contribution is -2.34.